The first kappa shape index (κ1) is 52.9. The van der Waals surface area contributed by atoms with Crippen LogP contribution in [0.1, 0.15) is 42.0 Å². The zero-order valence-corrected chi connectivity index (χ0v) is 44.0. The molecule has 7 N–H and O–H groups in total. The zero-order valence-electron chi connectivity index (χ0n) is 44.0. The first-order chi connectivity index (χ1) is 39.3. The topological polar surface area (TPSA) is 285 Å². The van der Waals surface area contributed by atoms with Gasteiger partial charge in [-0.25, -0.2) is 19.7 Å². The van der Waals surface area contributed by atoms with Crippen molar-refractivity contribution in [2.75, 3.05) is 16.4 Å². The lowest BCUT2D eigenvalue weighted by Crippen LogP contribution is -2.17. The highest BCUT2D eigenvalue weighted by Gasteiger charge is 2.22. The number of aryl methyl sites for hydroxylation is 4. The number of carboxylic acid groups (broad SMARTS) is 1. The monoisotopic (exact) mass is 1080 g/mol. The Morgan fingerprint density at radius 1 is 0.444 bits per heavy atom. The van der Waals surface area contributed by atoms with Gasteiger partial charge in [-0.3, -0.25) is 37.7 Å². The fourth-order valence-electron chi connectivity index (χ4n) is 8.52. The number of nitrogens with zero attached hydrogens (tertiary/aromatic N) is 12. The van der Waals surface area contributed by atoms with Crippen molar-refractivity contribution in [2.24, 2.45) is 28.2 Å². The quantitative estimate of drug-likeness (QED) is 0.0736. The number of nitrogens with one attached hydrogen (secondary N) is 4. The Morgan fingerprint density at radius 3 is 1.26 bits per heavy atom. The zero-order chi connectivity index (χ0) is 56.6. The van der Waals surface area contributed by atoms with Crippen molar-refractivity contribution >= 4 is 73.9 Å². The minimum atomic E-state index is -0.949. The normalized spacial score (nSPS) is 10.8. The van der Waals surface area contributed by atoms with Crippen LogP contribution in [0.2, 0.25) is 0 Å². The molecule has 6 aromatic carbocycles. The summed E-state index contributed by atoms with van der Waals surface area (Å²) in [5, 5.41) is 29.9. The SMILES string of the molecule is Cn1nccc1C(=O)Nc1ccc(-c2nc3ccccc3[nH]2)cc1.Cn1nccc1C(=O)Nc1ccc(-c2nc3ccccc3n2C(=O)c2ccnn2C)cc1.Cn1nccc1C(=O)O.Nc1ccc(-c2nc3ccccc3[nH]2)cc1. The van der Waals surface area contributed by atoms with Crippen molar-refractivity contribution in [1.82, 2.24) is 68.6 Å². The minimum absolute atomic E-state index is 0.188. The number of aromatic carboxylic acids is 1. The first-order valence-electron chi connectivity index (χ1n) is 25.0. The van der Waals surface area contributed by atoms with Crippen molar-refractivity contribution in [3.05, 3.63) is 217 Å². The molecule has 402 valence electrons. The molecule has 0 atom stereocenters. The summed E-state index contributed by atoms with van der Waals surface area (Å²) >= 11 is 0. The number of benzene rings is 6. The number of rotatable bonds is 9. The molecule has 0 fully saturated rings. The number of anilines is 3. The first-order valence-corrected chi connectivity index (χ1v) is 25.0. The number of nitrogen functional groups attached to an aromatic ring is 1. The van der Waals surface area contributed by atoms with E-state index in [1.165, 1.54) is 31.0 Å². The average molecular weight is 1080 g/mol. The van der Waals surface area contributed by atoms with E-state index in [0.717, 1.165) is 61.8 Å². The van der Waals surface area contributed by atoms with E-state index in [1.807, 2.05) is 133 Å². The highest BCUT2D eigenvalue weighted by molar-refractivity contribution is 6.05. The molecule has 0 bridgehead atoms. The van der Waals surface area contributed by atoms with Crippen LogP contribution in [-0.2, 0) is 28.2 Å². The number of amides is 2. The van der Waals surface area contributed by atoms with Crippen molar-refractivity contribution in [3.8, 4) is 34.2 Å². The number of carbonyl (C=O) groups is 4. The Labute approximate surface area is 461 Å². The summed E-state index contributed by atoms with van der Waals surface area (Å²) < 4.78 is 7.49. The van der Waals surface area contributed by atoms with Crippen molar-refractivity contribution < 1.29 is 24.3 Å². The van der Waals surface area contributed by atoms with Crippen LogP contribution in [0.3, 0.4) is 0 Å². The number of imidazole rings is 3. The van der Waals surface area contributed by atoms with Crippen LogP contribution < -0.4 is 16.4 Å². The van der Waals surface area contributed by atoms with Gasteiger partial charge in [0.05, 0.1) is 33.1 Å². The third-order valence-corrected chi connectivity index (χ3v) is 12.7. The summed E-state index contributed by atoms with van der Waals surface area (Å²) in [7, 11) is 6.76. The molecule has 0 unspecified atom stereocenters. The van der Waals surface area contributed by atoms with Gasteiger partial charge in [0, 0.05) is 86.7 Å². The standard InChI is InChI=1S/C23H19N7O2.C18H15N5O.C13H11N3.C5H6N2O2/c1-28-19(11-13-24-28)22(31)26-16-9-7-15(8-10-16)21-27-17-5-3-4-6-18(17)30(21)23(32)20-12-14-25-29(20)2;1-23-16(10-11-19-23)18(24)20-13-8-6-12(7-9-13)17-21-14-4-2-3-5-15(14)22-17;14-10-7-5-9(6-8-10)13-15-11-3-1-2-4-12(11)16-13;1-7-4(5(8)9)2-3-6-7/h3-14H,1-2H3,(H,26,31);2-11H,1H3,(H,20,24)(H,21,22);1-8H,14H2,(H,15,16);2-3H,1H3,(H,8,9). The summed E-state index contributed by atoms with van der Waals surface area (Å²) in [4.78, 5) is 68.6. The summed E-state index contributed by atoms with van der Waals surface area (Å²) in [5.41, 5.74) is 17.5. The Kier molecular flexibility index (Phi) is 15.3. The lowest BCUT2D eigenvalue weighted by molar-refractivity contribution is 0.0684. The van der Waals surface area contributed by atoms with Crippen LogP contribution in [0.25, 0.3) is 67.3 Å². The van der Waals surface area contributed by atoms with Crippen LogP contribution in [0.5, 0.6) is 0 Å². The molecule has 81 heavy (non-hydrogen) atoms. The summed E-state index contributed by atoms with van der Waals surface area (Å²) in [6.45, 7) is 0. The average Bonchev–Trinajstić information content (AvgIpc) is 4.38. The van der Waals surface area contributed by atoms with Crippen LogP contribution in [0.15, 0.2) is 195 Å². The van der Waals surface area contributed by atoms with Crippen LogP contribution in [0, 0.1) is 0 Å². The Morgan fingerprint density at radius 2 is 0.840 bits per heavy atom. The van der Waals surface area contributed by atoms with Crippen molar-refractivity contribution in [1.29, 1.82) is 0 Å². The smallest absolute Gasteiger partial charge is 0.354 e. The Balaban J connectivity index is 0.000000132. The van der Waals surface area contributed by atoms with E-state index in [0.29, 0.717) is 39.6 Å². The van der Waals surface area contributed by atoms with E-state index < -0.39 is 5.97 Å². The second kappa shape index (κ2) is 23.4. The fraction of sp³-hybridized carbons (Fsp3) is 0.0678. The van der Waals surface area contributed by atoms with Crippen molar-refractivity contribution in [2.45, 2.75) is 0 Å². The summed E-state index contributed by atoms with van der Waals surface area (Å²) in [6.07, 6.45) is 6.20. The van der Waals surface area contributed by atoms with Gasteiger partial charge in [-0.2, -0.15) is 20.4 Å². The van der Waals surface area contributed by atoms with E-state index in [9.17, 15) is 19.2 Å². The third kappa shape index (κ3) is 11.9. The molecule has 7 aromatic heterocycles. The molecule has 13 aromatic rings. The predicted molar refractivity (Wildman–Crippen MR) is 308 cm³/mol. The van der Waals surface area contributed by atoms with Crippen LogP contribution in [0.4, 0.5) is 17.1 Å². The maximum atomic E-state index is 13.4. The molecule has 22 nitrogen and oxygen atoms in total. The summed E-state index contributed by atoms with van der Waals surface area (Å²) in [6, 6.07) is 52.3. The molecule has 13 rings (SSSR count). The highest BCUT2D eigenvalue weighted by Crippen LogP contribution is 2.28. The van der Waals surface area contributed by atoms with Gasteiger partial charge in [0.15, 0.2) is 0 Å². The molecule has 7 heterocycles. The van der Waals surface area contributed by atoms with Gasteiger partial charge >= 0.3 is 5.97 Å². The lowest BCUT2D eigenvalue weighted by atomic mass is 10.2. The van der Waals surface area contributed by atoms with Gasteiger partial charge in [-0.1, -0.05) is 36.4 Å². The van der Waals surface area contributed by atoms with E-state index in [-0.39, 0.29) is 23.4 Å². The number of aromatic nitrogens is 14. The number of hydrogen-bond donors (Lipinski definition) is 6. The molecule has 0 spiro atoms. The number of nitrogens with two attached hydrogens (primary N) is 1. The number of hydrogen-bond acceptors (Lipinski definition) is 12. The fourth-order valence-corrected chi connectivity index (χ4v) is 8.52. The maximum absolute atomic E-state index is 13.4. The second-order valence-corrected chi connectivity index (χ2v) is 18.1. The number of fused-ring (bicyclic) bond motifs is 3. The molecular weight excluding hydrogens is 1030 g/mol. The van der Waals surface area contributed by atoms with Gasteiger partial charge in [-0.05, 0) is 133 Å². The molecule has 0 saturated carbocycles. The lowest BCUT2D eigenvalue weighted by Gasteiger charge is -2.10. The number of carboxylic acids is 1. The highest BCUT2D eigenvalue weighted by atomic mass is 16.4. The minimum Gasteiger partial charge on any atom is -0.477 e. The Bertz CT molecular complexity index is 4280. The third-order valence-electron chi connectivity index (χ3n) is 12.7. The molecule has 0 aliphatic rings. The molecule has 0 aliphatic heterocycles. The second-order valence-electron chi connectivity index (χ2n) is 18.1. The van der Waals surface area contributed by atoms with Crippen LogP contribution >= 0.6 is 0 Å². The van der Waals surface area contributed by atoms with E-state index >= 15 is 0 Å². The molecule has 22 heteroatoms. The van der Waals surface area contributed by atoms with Gasteiger partial charge < -0.3 is 31.4 Å². The molecule has 2 amide bonds. The van der Waals surface area contributed by atoms with E-state index in [1.54, 1.807) is 81.7 Å². The van der Waals surface area contributed by atoms with Gasteiger partial charge in [-0.15, -0.1) is 0 Å². The van der Waals surface area contributed by atoms with E-state index in [2.05, 4.69) is 51.0 Å². The van der Waals surface area contributed by atoms with Gasteiger partial charge in [0.25, 0.3) is 17.7 Å². The van der Waals surface area contributed by atoms with Gasteiger partial charge in [0.2, 0.25) is 0 Å². The number of aromatic amines is 2. The summed E-state index contributed by atoms with van der Waals surface area (Å²) in [5.74, 6) is 0.587. The van der Waals surface area contributed by atoms with Crippen molar-refractivity contribution in [3.63, 3.8) is 0 Å². The molecule has 0 saturated heterocycles. The van der Waals surface area contributed by atoms with Crippen LogP contribution in [-0.4, -0.2) is 97.4 Å². The maximum Gasteiger partial charge on any atom is 0.354 e. The molecule has 0 radical (unpaired) electrons. The molecule has 0 aliphatic carbocycles. The predicted octanol–water partition coefficient (Wildman–Crippen LogP) is 9.26. The number of para-hydroxylation sites is 6. The van der Waals surface area contributed by atoms with Gasteiger partial charge in [0.1, 0.15) is 40.2 Å². The Hall–Kier alpha value is -11.6. The number of H-pyrrole nitrogens is 2. The largest absolute Gasteiger partial charge is 0.477 e. The molecular formula is C59H51N17O5. The van der Waals surface area contributed by atoms with E-state index in [4.69, 9.17) is 15.8 Å². The number of carbonyl (C=O) groups excluding carboxylic acids is 3.